The van der Waals surface area contributed by atoms with Crippen molar-refractivity contribution in [1.82, 2.24) is 0 Å². The van der Waals surface area contributed by atoms with E-state index in [1.165, 1.54) is 63.0 Å². The van der Waals surface area contributed by atoms with Gasteiger partial charge in [0, 0.05) is 0 Å². The maximum atomic E-state index is 15.0. The van der Waals surface area contributed by atoms with Crippen molar-refractivity contribution in [2.45, 2.75) is 115 Å². The summed E-state index contributed by atoms with van der Waals surface area (Å²) in [6, 6.07) is 10.4. The average molecular weight is 533 g/mol. The number of halogens is 4. The number of benzene rings is 2. The average Bonchev–Trinajstić information content (AvgIpc) is 2.91. The summed E-state index contributed by atoms with van der Waals surface area (Å²) in [7, 11) is 0. The van der Waals surface area contributed by atoms with Crippen LogP contribution in [0.5, 0.6) is 0 Å². The summed E-state index contributed by atoms with van der Waals surface area (Å²) in [6.07, 6.45) is 9.59. The SMILES string of the molecule is CCCCCC1CCC(c2ccc(C(F)(F)OCCc3ccc(C4CCC(C)CC4)cc3)c(F)c2F)CC1. The molecule has 1 nitrogen and oxygen atoms in total. The minimum atomic E-state index is -3.89. The Hall–Kier alpha value is -1.88. The zero-order valence-electron chi connectivity index (χ0n) is 23.1. The lowest BCUT2D eigenvalue weighted by Gasteiger charge is -2.29. The molecule has 2 saturated carbocycles. The molecule has 2 aliphatic rings. The van der Waals surface area contributed by atoms with Gasteiger partial charge in [0.15, 0.2) is 11.6 Å². The molecule has 0 heterocycles. The van der Waals surface area contributed by atoms with Crippen molar-refractivity contribution in [3.8, 4) is 0 Å². The normalized spacial score (nSPS) is 24.5. The van der Waals surface area contributed by atoms with Gasteiger partial charge in [0.1, 0.15) is 0 Å². The third kappa shape index (κ3) is 7.40. The molecular weight excluding hydrogens is 488 g/mol. The molecule has 2 aromatic carbocycles. The number of unbranched alkanes of at least 4 members (excludes halogenated alkanes) is 2. The van der Waals surface area contributed by atoms with Crippen molar-refractivity contribution in [3.05, 3.63) is 70.3 Å². The van der Waals surface area contributed by atoms with Gasteiger partial charge in [-0.2, -0.15) is 8.78 Å². The largest absolute Gasteiger partial charge is 0.386 e. The minimum absolute atomic E-state index is 0.115. The van der Waals surface area contributed by atoms with Gasteiger partial charge in [0.25, 0.3) is 0 Å². The highest BCUT2D eigenvalue weighted by Gasteiger charge is 2.38. The minimum Gasteiger partial charge on any atom is -0.316 e. The molecule has 4 rings (SSSR count). The summed E-state index contributed by atoms with van der Waals surface area (Å²) in [5, 5.41) is 0. The van der Waals surface area contributed by atoms with Gasteiger partial charge in [0.2, 0.25) is 0 Å². The van der Waals surface area contributed by atoms with Gasteiger partial charge in [-0.25, -0.2) is 8.78 Å². The van der Waals surface area contributed by atoms with Crippen LogP contribution in [0.2, 0.25) is 0 Å². The molecule has 2 aliphatic carbocycles. The van der Waals surface area contributed by atoms with Crippen molar-refractivity contribution >= 4 is 0 Å². The molecule has 210 valence electrons. The lowest BCUT2D eigenvalue weighted by molar-refractivity contribution is -0.249. The Morgan fingerprint density at radius 1 is 0.789 bits per heavy atom. The first kappa shape index (κ1) is 29.1. The number of hydrogen-bond donors (Lipinski definition) is 0. The molecule has 0 N–H and O–H groups in total. The third-order valence-corrected chi connectivity index (χ3v) is 9.07. The lowest BCUT2D eigenvalue weighted by atomic mass is 9.76. The highest BCUT2D eigenvalue weighted by molar-refractivity contribution is 5.31. The zero-order valence-corrected chi connectivity index (χ0v) is 23.1. The molecule has 2 fully saturated rings. The van der Waals surface area contributed by atoms with E-state index in [0.29, 0.717) is 11.8 Å². The predicted octanol–water partition coefficient (Wildman–Crippen LogP) is 10.4. The summed E-state index contributed by atoms with van der Waals surface area (Å²) in [4.78, 5) is 0. The fourth-order valence-electron chi connectivity index (χ4n) is 6.47. The van der Waals surface area contributed by atoms with E-state index in [2.05, 4.69) is 26.0 Å². The van der Waals surface area contributed by atoms with Crippen LogP contribution in [0.15, 0.2) is 36.4 Å². The van der Waals surface area contributed by atoms with Crippen LogP contribution < -0.4 is 0 Å². The molecule has 0 atom stereocenters. The van der Waals surface area contributed by atoms with Crippen molar-refractivity contribution in [2.75, 3.05) is 6.61 Å². The van der Waals surface area contributed by atoms with Crippen LogP contribution in [0.3, 0.4) is 0 Å². The van der Waals surface area contributed by atoms with E-state index >= 15 is 0 Å². The van der Waals surface area contributed by atoms with Crippen LogP contribution in [-0.2, 0) is 17.3 Å². The van der Waals surface area contributed by atoms with E-state index < -0.39 is 23.3 Å². The van der Waals surface area contributed by atoms with Crippen molar-refractivity contribution in [3.63, 3.8) is 0 Å². The molecule has 0 bridgehead atoms. The van der Waals surface area contributed by atoms with E-state index in [1.54, 1.807) is 0 Å². The zero-order chi connectivity index (χ0) is 27.1. The summed E-state index contributed by atoms with van der Waals surface area (Å²) in [5.41, 5.74) is 1.39. The van der Waals surface area contributed by atoms with Crippen molar-refractivity contribution in [2.24, 2.45) is 11.8 Å². The first-order chi connectivity index (χ1) is 18.3. The van der Waals surface area contributed by atoms with Crippen LogP contribution in [0.25, 0.3) is 0 Å². The quantitative estimate of drug-likeness (QED) is 0.207. The standard InChI is InChI=1S/C33H44F4O/c1-3-4-5-6-24-11-17-28(18-12-24)29-19-20-30(32(35)31(29)34)33(36,37)38-22-21-25-9-15-27(16-10-25)26-13-7-23(2)8-14-26/h9-10,15-16,19-20,23-24,26,28H,3-8,11-14,17-18,21-22H2,1-2H3. The van der Waals surface area contributed by atoms with Gasteiger partial charge in [-0.15, -0.1) is 0 Å². The highest BCUT2D eigenvalue weighted by atomic mass is 19.3. The number of alkyl halides is 2. The molecule has 0 aliphatic heterocycles. The van der Waals surface area contributed by atoms with E-state index in [4.69, 9.17) is 4.74 Å². The molecular formula is C33H44F4O. The monoisotopic (exact) mass is 532 g/mol. The Morgan fingerprint density at radius 2 is 1.45 bits per heavy atom. The maximum Gasteiger partial charge on any atom is 0.386 e. The number of hydrogen-bond acceptors (Lipinski definition) is 1. The molecule has 0 amide bonds. The van der Waals surface area contributed by atoms with Gasteiger partial charge in [0.05, 0.1) is 12.2 Å². The molecule has 38 heavy (non-hydrogen) atoms. The Kier molecular flexibility index (Phi) is 10.3. The smallest absolute Gasteiger partial charge is 0.316 e. The molecule has 0 radical (unpaired) electrons. The Morgan fingerprint density at radius 3 is 2.11 bits per heavy atom. The van der Waals surface area contributed by atoms with E-state index in [1.807, 2.05) is 12.1 Å². The first-order valence-corrected chi connectivity index (χ1v) is 14.9. The number of ether oxygens (including phenoxy) is 1. The molecule has 0 unspecified atom stereocenters. The van der Waals surface area contributed by atoms with Gasteiger partial charge in [-0.3, -0.25) is 0 Å². The Bertz CT molecular complexity index is 1000. The molecule has 0 saturated heterocycles. The summed E-state index contributed by atoms with van der Waals surface area (Å²) in [5.74, 6) is -0.747. The summed E-state index contributed by atoms with van der Waals surface area (Å²) >= 11 is 0. The fraction of sp³-hybridized carbons (Fsp3) is 0.636. The Labute approximate surface area is 226 Å². The maximum absolute atomic E-state index is 15.0. The third-order valence-electron chi connectivity index (χ3n) is 9.07. The molecule has 2 aromatic rings. The van der Waals surface area contributed by atoms with E-state index in [0.717, 1.165) is 43.2 Å². The van der Waals surface area contributed by atoms with E-state index in [9.17, 15) is 17.6 Å². The van der Waals surface area contributed by atoms with Gasteiger partial charge < -0.3 is 4.74 Å². The number of rotatable bonds is 11. The van der Waals surface area contributed by atoms with Crippen LogP contribution >= 0.6 is 0 Å². The van der Waals surface area contributed by atoms with Crippen molar-refractivity contribution in [1.29, 1.82) is 0 Å². The van der Waals surface area contributed by atoms with Crippen molar-refractivity contribution < 1.29 is 22.3 Å². The van der Waals surface area contributed by atoms with Crippen LogP contribution in [0.1, 0.15) is 125 Å². The summed E-state index contributed by atoms with van der Waals surface area (Å²) < 4.78 is 64.2. The molecule has 0 spiro atoms. The fourth-order valence-corrected chi connectivity index (χ4v) is 6.47. The first-order valence-electron chi connectivity index (χ1n) is 14.9. The van der Waals surface area contributed by atoms with Crippen LogP contribution in [0, 0.1) is 23.5 Å². The van der Waals surface area contributed by atoms with Crippen LogP contribution in [0.4, 0.5) is 17.6 Å². The van der Waals surface area contributed by atoms with Gasteiger partial charge >= 0.3 is 6.11 Å². The lowest BCUT2D eigenvalue weighted by Crippen LogP contribution is -2.23. The Balaban J connectivity index is 1.30. The second-order valence-electron chi connectivity index (χ2n) is 11.9. The topological polar surface area (TPSA) is 9.23 Å². The second-order valence-corrected chi connectivity index (χ2v) is 11.9. The van der Waals surface area contributed by atoms with Crippen LogP contribution in [-0.4, -0.2) is 6.61 Å². The van der Waals surface area contributed by atoms with E-state index in [-0.39, 0.29) is 24.5 Å². The highest BCUT2D eigenvalue weighted by Crippen LogP contribution is 2.41. The predicted molar refractivity (Wildman–Crippen MR) is 146 cm³/mol. The van der Waals surface area contributed by atoms with Gasteiger partial charge in [-0.1, -0.05) is 82.7 Å². The molecule has 5 heteroatoms. The molecule has 0 aromatic heterocycles. The second kappa shape index (κ2) is 13.5. The van der Waals surface area contributed by atoms with Gasteiger partial charge in [-0.05, 0) is 91.4 Å². The summed E-state index contributed by atoms with van der Waals surface area (Å²) in [6.45, 7) is 4.20.